The molecule has 0 aromatic carbocycles. The van der Waals surface area contributed by atoms with Gasteiger partial charge in [0.25, 0.3) is 0 Å². The first-order valence-electron chi connectivity index (χ1n) is 7.18. The Balaban J connectivity index is 1.94. The third kappa shape index (κ3) is 2.42. The SMILES string of the molecule is CN(c1ccc2nc(CCN)c(Br)n2n1)C1CCCC1. The Morgan fingerprint density at radius 1 is 1.40 bits per heavy atom. The lowest BCUT2D eigenvalue weighted by Gasteiger charge is -2.25. The van der Waals surface area contributed by atoms with E-state index in [1.807, 2.05) is 10.6 Å². The Bertz CT molecular complexity index is 603. The Morgan fingerprint density at radius 2 is 2.15 bits per heavy atom. The molecule has 1 aliphatic rings. The van der Waals surface area contributed by atoms with Gasteiger partial charge in [0.2, 0.25) is 0 Å². The summed E-state index contributed by atoms with van der Waals surface area (Å²) in [6, 6.07) is 4.70. The highest BCUT2D eigenvalue weighted by Gasteiger charge is 2.21. The zero-order chi connectivity index (χ0) is 14.1. The van der Waals surface area contributed by atoms with Crippen molar-refractivity contribution in [3.8, 4) is 0 Å². The first-order valence-corrected chi connectivity index (χ1v) is 7.97. The summed E-state index contributed by atoms with van der Waals surface area (Å²) in [5.41, 5.74) is 7.45. The highest BCUT2D eigenvalue weighted by Crippen LogP contribution is 2.27. The number of rotatable bonds is 4. The summed E-state index contributed by atoms with van der Waals surface area (Å²) in [4.78, 5) is 6.85. The Labute approximate surface area is 127 Å². The molecule has 1 saturated carbocycles. The van der Waals surface area contributed by atoms with E-state index >= 15 is 0 Å². The van der Waals surface area contributed by atoms with Crippen LogP contribution in [0.4, 0.5) is 5.82 Å². The lowest BCUT2D eigenvalue weighted by atomic mass is 10.2. The van der Waals surface area contributed by atoms with Crippen LogP contribution in [-0.2, 0) is 6.42 Å². The minimum atomic E-state index is 0.595. The number of hydrogen-bond acceptors (Lipinski definition) is 4. The van der Waals surface area contributed by atoms with Crippen molar-refractivity contribution in [2.45, 2.75) is 38.1 Å². The van der Waals surface area contributed by atoms with Crippen molar-refractivity contribution >= 4 is 27.4 Å². The summed E-state index contributed by atoms with van der Waals surface area (Å²) >= 11 is 3.58. The van der Waals surface area contributed by atoms with Crippen LogP contribution in [0, 0.1) is 0 Å². The van der Waals surface area contributed by atoms with E-state index in [0.29, 0.717) is 12.6 Å². The van der Waals surface area contributed by atoms with Crippen molar-refractivity contribution in [3.63, 3.8) is 0 Å². The second-order valence-corrected chi connectivity index (χ2v) is 6.15. The van der Waals surface area contributed by atoms with Gasteiger partial charge in [0, 0.05) is 19.5 Å². The fraction of sp³-hybridized carbons (Fsp3) is 0.571. The van der Waals surface area contributed by atoms with Gasteiger partial charge in [0.15, 0.2) is 5.65 Å². The van der Waals surface area contributed by atoms with Gasteiger partial charge in [-0.3, -0.25) is 0 Å². The summed E-state index contributed by atoms with van der Waals surface area (Å²) in [5.74, 6) is 1.00. The molecule has 3 rings (SSSR count). The van der Waals surface area contributed by atoms with Crippen LogP contribution < -0.4 is 10.6 Å². The maximum absolute atomic E-state index is 5.61. The maximum Gasteiger partial charge on any atom is 0.155 e. The summed E-state index contributed by atoms with van der Waals surface area (Å²) in [7, 11) is 2.13. The predicted octanol–water partition coefficient (Wildman–Crippen LogP) is 2.37. The topological polar surface area (TPSA) is 59.5 Å². The largest absolute Gasteiger partial charge is 0.355 e. The molecule has 20 heavy (non-hydrogen) atoms. The minimum absolute atomic E-state index is 0.595. The first kappa shape index (κ1) is 13.8. The number of halogens is 1. The van der Waals surface area contributed by atoms with Crippen LogP contribution in [0.2, 0.25) is 0 Å². The lowest BCUT2D eigenvalue weighted by molar-refractivity contribution is 0.639. The molecule has 108 valence electrons. The van der Waals surface area contributed by atoms with Gasteiger partial charge in [-0.05, 0) is 47.4 Å². The molecule has 2 aromatic rings. The summed E-state index contributed by atoms with van der Waals surface area (Å²) < 4.78 is 2.78. The van der Waals surface area contributed by atoms with Gasteiger partial charge in [-0.1, -0.05) is 12.8 Å². The van der Waals surface area contributed by atoms with Gasteiger partial charge < -0.3 is 10.6 Å². The van der Waals surface area contributed by atoms with Crippen molar-refractivity contribution in [2.75, 3.05) is 18.5 Å². The van der Waals surface area contributed by atoms with Crippen molar-refractivity contribution in [3.05, 3.63) is 22.4 Å². The molecule has 2 heterocycles. The van der Waals surface area contributed by atoms with E-state index in [0.717, 1.165) is 28.2 Å². The van der Waals surface area contributed by atoms with Gasteiger partial charge in [0.05, 0.1) is 5.69 Å². The molecule has 0 saturated heterocycles. The Kier molecular flexibility index (Phi) is 3.94. The van der Waals surface area contributed by atoms with E-state index in [2.05, 4.69) is 38.9 Å². The van der Waals surface area contributed by atoms with Crippen LogP contribution in [0.15, 0.2) is 16.7 Å². The molecule has 1 aliphatic carbocycles. The first-order chi connectivity index (χ1) is 9.70. The molecular weight excluding hydrogens is 318 g/mol. The van der Waals surface area contributed by atoms with Crippen LogP contribution in [-0.4, -0.2) is 34.2 Å². The molecule has 2 aromatic heterocycles. The van der Waals surface area contributed by atoms with E-state index in [4.69, 9.17) is 10.8 Å². The molecule has 5 nitrogen and oxygen atoms in total. The van der Waals surface area contributed by atoms with Crippen LogP contribution in [0.5, 0.6) is 0 Å². The lowest BCUT2D eigenvalue weighted by Crippen LogP contribution is -2.29. The van der Waals surface area contributed by atoms with E-state index in [1.54, 1.807) is 0 Å². The van der Waals surface area contributed by atoms with Crippen molar-refractivity contribution in [1.29, 1.82) is 0 Å². The summed E-state index contributed by atoms with van der Waals surface area (Å²) in [5, 5.41) is 4.71. The van der Waals surface area contributed by atoms with Gasteiger partial charge >= 0.3 is 0 Å². The van der Waals surface area contributed by atoms with Crippen LogP contribution in [0.3, 0.4) is 0 Å². The summed E-state index contributed by atoms with van der Waals surface area (Å²) in [6.45, 7) is 0.595. The maximum atomic E-state index is 5.61. The van der Waals surface area contributed by atoms with Crippen molar-refractivity contribution in [2.24, 2.45) is 5.73 Å². The Morgan fingerprint density at radius 3 is 2.85 bits per heavy atom. The van der Waals surface area contributed by atoms with Crippen molar-refractivity contribution in [1.82, 2.24) is 14.6 Å². The van der Waals surface area contributed by atoms with Gasteiger partial charge in [0.1, 0.15) is 10.4 Å². The highest BCUT2D eigenvalue weighted by atomic mass is 79.9. The molecule has 0 bridgehead atoms. The zero-order valence-electron chi connectivity index (χ0n) is 11.7. The molecule has 2 N–H and O–H groups in total. The molecule has 0 atom stereocenters. The van der Waals surface area contributed by atoms with E-state index in [-0.39, 0.29) is 0 Å². The summed E-state index contributed by atoms with van der Waals surface area (Å²) in [6.07, 6.45) is 5.94. The van der Waals surface area contributed by atoms with Gasteiger partial charge in [-0.2, -0.15) is 0 Å². The molecule has 0 radical (unpaired) electrons. The number of anilines is 1. The second-order valence-electron chi connectivity index (χ2n) is 5.40. The molecule has 6 heteroatoms. The minimum Gasteiger partial charge on any atom is -0.355 e. The zero-order valence-corrected chi connectivity index (χ0v) is 13.3. The van der Waals surface area contributed by atoms with E-state index in [1.165, 1.54) is 25.7 Å². The second kappa shape index (κ2) is 5.69. The molecule has 0 unspecified atom stereocenters. The quantitative estimate of drug-likeness (QED) is 0.930. The number of nitrogens with zero attached hydrogens (tertiary/aromatic N) is 4. The van der Waals surface area contributed by atoms with Gasteiger partial charge in [-0.25, -0.2) is 9.50 Å². The number of imidazole rings is 1. The third-order valence-corrected chi connectivity index (χ3v) is 4.88. The number of nitrogens with two attached hydrogens (primary N) is 1. The molecule has 0 aliphatic heterocycles. The normalized spacial score (nSPS) is 16.1. The van der Waals surface area contributed by atoms with E-state index < -0.39 is 0 Å². The number of hydrogen-bond donors (Lipinski definition) is 1. The molecule has 1 fully saturated rings. The van der Waals surface area contributed by atoms with Crippen LogP contribution in [0.25, 0.3) is 5.65 Å². The highest BCUT2D eigenvalue weighted by molar-refractivity contribution is 9.10. The number of fused-ring (bicyclic) bond motifs is 1. The molecule has 0 amide bonds. The Hall–Kier alpha value is -1.14. The van der Waals surface area contributed by atoms with Crippen LogP contribution >= 0.6 is 15.9 Å². The molecular formula is C14H20BrN5. The van der Waals surface area contributed by atoms with Crippen LogP contribution in [0.1, 0.15) is 31.4 Å². The average Bonchev–Trinajstić information content (AvgIpc) is 3.08. The standard InChI is InChI=1S/C14H20BrN5/c1-19(10-4-2-3-5-10)13-7-6-12-17-11(8-9-16)14(15)20(12)18-13/h6-7,10H,2-5,8-9,16H2,1H3. The smallest absolute Gasteiger partial charge is 0.155 e. The monoisotopic (exact) mass is 337 g/mol. The van der Waals surface area contributed by atoms with Crippen molar-refractivity contribution < 1.29 is 0 Å². The van der Waals surface area contributed by atoms with E-state index in [9.17, 15) is 0 Å². The van der Waals surface area contributed by atoms with Gasteiger partial charge in [-0.15, -0.1) is 5.10 Å². The fourth-order valence-corrected chi connectivity index (χ4v) is 3.45. The predicted molar refractivity (Wildman–Crippen MR) is 84.1 cm³/mol. The molecule has 0 spiro atoms. The third-order valence-electron chi connectivity index (χ3n) is 4.09. The number of aromatic nitrogens is 3. The fourth-order valence-electron chi connectivity index (χ4n) is 2.90. The average molecular weight is 338 g/mol.